The molecule has 0 aliphatic carbocycles. The summed E-state index contributed by atoms with van der Waals surface area (Å²) < 4.78 is 1.04. The van der Waals surface area contributed by atoms with Crippen LogP contribution in [0.5, 0.6) is 0 Å². The third-order valence-electron chi connectivity index (χ3n) is 2.92. The van der Waals surface area contributed by atoms with E-state index < -0.39 is 0 Å². The lowest BCUT2D eigenvalue weighted by Crippen LogP contribution is -2.29. The lowest BCUT2D eigenvalue weighted by molar-refractivity contribution is 0.419. The molecule has 1 aromatic carbocycles. The van der Waals surface area contributed by atoms with Gasteiger partial charge in [0.1, 0.15) is 0 Å². The number of aromatic nitrogens is 1. The van der Waals surface area contributed by atoms with E-state index in [-0.39, 0.29) is 5.41 Å². The number of benzene rings is 1. The van der Waals surface area contributed by atoms with Gasteiger partial charge >= 0.3 is 0 Å². The summed E-state index contributed by atoms with van der Waals surface area (Å²) in [5.74, 6) is 0. The Morgan fingerprint density at radius 2 is 2.00 bits per heavy atom. The summed E-state index contributed by atoms with van der Waals surface area (Å²) in [6.07, 6.45) is 1.74. The van der Waals surface area contributed by atoms with Gasteiger partial charge in [-0.2, -0.15) is 0 Å². The van der Waals surface area contributed by atoms with Crippen molar-refractivity contribution in [3.05, 3.63) is 28.9 Å². The van der Waals surface area contributed by atoms with Crippen LogP contribution in [0.15, 0.2) is 28.9 Å². The molecule has 1 heterocycles. The van der Waals surface area contributed by atoms with Gasteiger partial charge < -0.3 is 10.6 Å². The molecule has 19 heavy (non-hydrogen) atoms. The summed E-state index contributed by atoms with van der Waals surface area (Å²) in [5.41, 5.74) is 9.09. The molecule has 0 bridgehead atoms. The monoisotopic (exact) mass is 321 g/mol. The normalized spacial score (nSPS) is 11.8. The maximum absolute atomic E-state index is 6.14. The minimum atomic E-state index is 0.211. The number of halogens is 1. The van der Waals surface area contributed by atoms with Gasteiger partial charge in [0, 0.05) is 23.5 Å². The molecule has 0 atom stereocenters. The molecular formula is C15H20BrN3. The van der Waals surface area contributed by atoms with Crippen LogP contribution in [-0.2, 0) is 0 Å². The average molecular weight is 322 g/mol. The molecule has 0 saturated heterocycles. The van der Waals surface area contributed by atoms with E-state index in [0.29, 0.717) is 0 Å². The van der Waals surface area contributed by atoms with Gasteiger partial charge in [-0.15, -0.1) is 0 Å². The predicted octanol–water partition coefficient (Wildman–Crippen LogP) is 4.06. The second-order valence-electron chi connectivity index (χ2n) is 6.14. The Morgan fingerprint density at radius 1 is 1.32 bits per heavy atom. The second kappa shape index (κ2) is 5.00. The highest BCUT2D eigenvalue weighted by atomic mass is 79.9. The van der Waals surface area contributed by atoms with E-state index in [4.69, 9.17) is 5.73 Å². The first kappa shape index (κ1) is 14.1. The highest BCUT2D eigenvalue weighted by Crippen LogP contribution is 2.33. The maximum atomic E-state index is 6.14. The van der Waals surface area contributed by atoms with Crippen LogP contribution in [0.25, 0.3) is 10.9 Å². The average Bonchev–Trinajstić information content (AvgIpc) is 2.25. The van der Waals surface area contributed by atoms with Gasteiger partial charge in [-0.3, -0.25) is 4.98 Å². The van der Waals surface area contributed by atoms with Crippen LogP contribution in [0.2, 0.25) is 0 Å². The Hall–Kier alpha value is -1.29. The van der Waals surface area contributed by atoms with E-state index in [9.17, 15) is 0 Å². The van der Waals surface area contributed by atoms with Gasteiger partial charge in [0.2, 0.25) is 0 Å². The summed E-state index contributed by atoms with van der Waals surface area (Å²) in [5, 5.41) is 1.08. The first-order valence-corrected chi connectivity index (χ1v) is 7.12. The fraction of sp³-hybridized carbons (Fsp3) is 0.400. The largest absolute Gasteiger partial charge is 0.396 e. The molecule has 2 N–H and O–H groups in total. The molecule has 0 aliphatic rings. The number of rotatable bonds is 2. The zero-order chi connectivity index (χ0) is 14.2. The summed E-state index contributed by atoms with van der Waals surface area (Å²) in [6, 6.07) is 6.08. The Balaban J connectivity index is 2.57. The van der Waals surface area contributed by atoms with E-state index in [1.54, 1.807) is 6.20 Å². The summed E-state index contributed by atoms with van der Waals surface area (Å²) in [6.45, 7) is 7.60. The van der Waals surface area contributed by atoms with Gasteiger partial charge in [-0.25, -0.2) is 0 Å². The molecule has 0 spiro atoms. The molecule has 0 amide bonds. The quantitative estimate of drug-likeness (QED) is 0.906. The van der Waals surface area contributed by atoms with Crippen molar-refractivity contribution < 1.29 is 0 Å². The predicted molar refractivity (Wildman–Crippen MR) is 86.6 cm³/mol. The van der Waals surface area contributed by atoms with Gasteiger partial charge in [0.25, 0.3) is 0 Å². The standard InChI is InChI=1S/C15H20BrN3/c1-15(2,3)9-19(4)14-11-7-10(16)5-6-13(11)18-8-12(14)17/h5-8H,9,17H2,1-4H3. The van der Waals surface area contributed by atoms with E-state index in [0.717, 1.165) is 33.3 Å². The number of nitrogens with zero attached hydrogens (tertiary/aromatic N) is 2. The van der Waals surface area contributed by atoms with Crippen LogP contribution in [0.1, 0.15) is 20.8 Å². The number of nitrogen functional groups attached to an aromatic ring is 1. The topological polar surface area (TPSA) is 42.1 Å². The molecule has 0 aliphatic heterocycles. The summed E-state index contributed by atoms with van der Waals surface area (Å²) >= 11 is 3.51. The van der Waals surface area contributed by atoms with E-state index in [1.807, 2.05) is 12.1 Å². The van der Waals surface area contributed by atoms with Crippen LogP contribution in [0, 0.1) is 5.41 Å². The van der Waals surface area contributed by atoms with Crippen molar-refractivity contribution in [2.75, 3.05) is 24.2 Å². The van der Waals surface area contributed by atoms with Crippen LogP contribution in [0.4, 0.5) is 11.4 Å². The molecule has 0 unspecified atom stereocenters. The third kappa shape index (κ3) is 3.18. The molecule has 2 rings (SSSR count). The Morgan fingerprint density at radius 3 is 2.63 bits per heavy atom. The third-order valence-corrected chi connectivity index (χ3v) is 3.42. The van der Waals surface area contributed by atoms with Gasteiger partial charge in [0.15, 0.2) is 0 Å². The van der Waals surface area contributed by atoms with Crippen LogP contribution >= 0.6 is 15.9 Å². The van der Waals surface area contributed by atoms with E-state index in [1.165, 1.54) is 0 Å². The van der Waals surface area contributed by atoms with Crippen molar-refractivity contribution in [3.8, 4) is 0 Å². The van der Waals surface area contributed by atoms with Crippen molar-refractivity contribution in [2.45, 2.75) is 20.8 Å². The summed E-state index contributed by atoms with van der Waals surface area (Å²) in [7, 11) is 2.08. The Kier molecular flexibility index (Phi) is 3.72. The van der Waals surface area contributed by atoms with Gasteiger partial charge in [-0.05, 0) is 23.6 Å². The van der Waals surface area contributed by atoms with Crippen LogP contribution < -0.4 is 10.6 Å². The summed E-state index contributed by atoms with van der Waals surface area (Å²) in [4.78, 5) is 6.60. The highest BCUT2D eigenvalue weighted by molar-refractivity contribution is 9.10. The molecule has 102 valence electrons. The molecule has 0 saturated carbocycles. The zero-order valence-electron chi connectivity index (χ0n) is 11.9. The smallest absolute Gasteiger partial charge is 0.0745 e. The number of pyridine rings is 1. The first-order valence-electron chi connectivity index (χ1n) is 6.33. The van der Waals surface area contributed by atoms with E-state index >= 15 is 0 Å². The minimum absolute atomic E-state index is 0.211. The molecular weight excluding hydrogens is 302 g/mol. The van der Waals surface area contributed by atoms with Crippen molar-refractivity contribution in [3.63, 3.8) is 0 Å². The zero-order valence-corrected chi connectivity index (χ0v) is 13.5. The number of nitrogens with two attached hydrogens (primary N) is 1. The second-order valence-corrected chi connectivity index (χ2v) is 7.06. The molecule has 4 heteroatoms. The number of fused-ring (bicyclic) bond motifs is 1. The highest BCUT2D eigenvalue weighted by Gasteiger charge is 2.18. The fourth-order valence-corrected chi connectivity index (χ4v) is 2.74. The lowest BCUT2D eigenvalue weighted by atomic mass is 9.95. The molecule has 0 fully saturated rings. The van der Waals surface area contributed by atoms with E-state index in [2.05, 4.69) is 59.7 Å². The van der Waals surface area contributed by atoms with Gasteiger partial charge in [-0.1, -0.05) is 36.7 Å². The SMILES string of the molecule is CN(CC(C)(C)C)c1c(N)cnc2ccc(Br)cc12. The molecule has 2 aromatic rings. The van der Waals surface area contributed by atoms with Crippen molar-refractivity contribution >= 4 is 38.2 Å². The lowest BCUT2D eigenvalue weighted by Gasteiger charge is -2.30. The van der Waals surface area contributed by atoms with Crippen LogP contribution in [0.3, 0.4) is 0 Å². The first-order chi connectivity index (χ1) is 8.78. The number of hydrogen-bond donors (Lipinski definition) is 1. The Bertz CT molecular complexity index is 597. The molecule has 0 radical (unpaired) electrons. The molecule has 1 aromatic heterocycles. The maximum Gasteiger partial charge on any atom is 0.0745 e. The van der Waals surface area contributed by atoms with Crippen molar-refractivity contribution in [1.29, 1.82) is 0 Å². The number of anilines is 2. The van der Waals surface area contributed by atoms with Crippen molar-refractivity contribution in [2.24, 2.45) is 5.41 Å². The van der Waals surface area contributed by atoms with Crippen LogP contribution in [-0.4, -0.2) is 18.6 Å². The number of hydrogen-bond acceptors (Lipinski definition) is 3. The fourth-order valence-electron chi connectivity index (χ4n) is 2.38. The van der Waals surface area contributed by atoms with Gasteiger partial charge in [0.05, 0.1) is 23.1 Å². The molecule has 3 nitrogen and oxygen atoms in total. The minimum Gasteiger partial charge on any atom is -0.396 e. The Labute approximate surface area is 122 Å². The van der Waals surface area contributed by atoms with Crippen molar-refractivity contribution in [1.82, 2.24) is 4.98 Å².